The maximum atomic E-state index is 10.8. The highest BCUT2D eigenvalue weighted by Gasteiger charge is 2.14. The molecule has 7 heteroatoms. The van der Waals surface area contributed by atoms with E-state index in [0.717, 1.165) is 11.3 Å². The van der Waals surface area contributed by atoms with E-state index in [2.05, 4.69) is 11.4 Å². The van der Waals surface area contributed by atoms with Crippen LogP contribution >= 0.6 is 19.6 Å². The molecule has 0 saturated heterocycles. The van der Waals surface area contributed by atoms with Crippen LogP contribution in [-0.2, 0) is 13.8 Å². The Morgan fingerprint density at radius 2 is 1.23 bits per heavy atom. The van der Waals surface area contributed by atoms with Crippen molar-refractivity contribution in [1.29, 1.82) is 0 Å². The van der Waals surface area contributed by atoms with Gasteiger partial charge in [-0.15, -0.1) is 0 Å². The summed E-state index contributed by atoms with van der Waals surface area (Å²) in [6, 6.07) is 0. The molecule has 30 heavy (non-hydrogen) atoms. The molecular formula is C23H47O5PS. The van der Waals surface area contributed by atoms with E-state index in [1.165, 1.54) is 116 Å². The van der Waals surface area contributed by atoms with Crippen LogP contribution < -0.4 is 0 Å². The second-order valence-electron chi connectivity index (χ2n) is 8.13. The minimum atomic E-state index is -4.43. The van der Waals surface area contributed by atoms with Gasteiger partial charge in [-0.1, -0.05) is 103 Å². The van der Waals surface area contributed by atoms with E-state index in [0.29, 0.717) is 5.75 Å². The first kappa shape index (κ1) is 30.0. The fourth-order valence-electron chi connectivity index (χ4n) is 3.40. The molecular weight excluding hydrogens is 419 g/mol. The molecule has 0 aromatic rings. The molecule has 0 radical (unpaired) electrons. The Bertz CT molecular complexity index is 439. The van der Waals surface area contributed by atoms with Gasteiger partial charge in [-0.3, -0.25) is 4.52 Å². The molecule has 0 aliphatic carbocycles. The number of unbranched alkanes of at least 4 members (excludes halogenated alkanes) is 15. The Hall–Kier alpha value is -0.0000000000000000971. The highest BCUT2D eigenvalue weighted by molar-refractivity contribution is 7.99. The predicted octanol–water partition coefficient (Wildman–Crippen LogP) is 7.62. The van der Waals surface area contributed by atoms with Crippen LogP contribution in [0.3, 0.4) is 0 Å². The topological polar surface area (TPSA) is 76.0 Å². The van der Waals surface area contributed by atoms with Gasteiger partial charge in [0.15, 0.2) is 0 Å². The maximum absolute atomic E-state index is 10.8. The Labute approximate surface area is 190 Å². The van der Waals surface area contributed by atoms with Crippen LogP contribution in [0.2, 0.25) is 0 Å². The molecule has 0 rings (SSSR count). The third kappa shape index (κ3) is 24.3. The third-order valence-corrected chi connectivity index (χ3v) is 6.75. The van der Waals surface area contributed by atoms with E-state index in [1.54, 1.807) is 11.8 Å². The average Bonchev–Trinajstić information content (AvgIpc) is 2.70. The normalized spacial score (nSPS) is 12.5. The minimum Gasteiger partial charge on any atom is -0.504 e. The first-order chi connectivity index (χ1) is 14.5. The molecule has 0 saturated carbocycles. The summed E-state index contributed by atoms with van der Waals surface area (Å²) in [6.07, 6.45) is 23.5. The lowest BCUT2D eigenvalue weighted by atomic mass is 10.0. The van der Waals surface area contributed by atoms with Crippen LogP contribution in [0.15, 0.2) is 11.8 Å². The predicted molar refractivity (Wildman–Crippen MR) is 130 cm³/mol. The quantitative estimate of drug-likeness (QED) is 0.0916. The molecule has 0 fully saturated rings. The smallest absolute Gasteiger partial charge is 0.469 e. The molecule has 0 unspecified atom stereocenters. The SMILES string of the molecule is CCCCCCCCCCCCCCCCCCSCC(=COC)COP(=O)(O)O. The summed E-state index contributed by atoms with van der Waals surface area (Å²) in [6.45, 7) is 2.18. The molecule has 0 aromatic carbocycles. The lowest BCUT2D eigenvalue weighted by Gasteiger charge is -2.09. The number of phosphoric acid groups is 1. The minimum absolute atomic E-state index is 0.0932. The molecule has 0 amide bonds. The zero-order valence-electron chi connectivity index (χ0n) is 19.5. The number of hydrogen-bond donors (Lipinski definition) is 2. The Morgan fingerprint density at radius 3 is 1.63 bits per heavy atom. The monoisotopic (exact) mass is 466 g/mol. The number of hydrogen-bond acceptors (Lipinski definition) is 4. The number of phosphoric ester groups is 1. The molecule has 0 aliphatic heterocycles. The van der Waals surface area contributed by atoms with Gasteiger partial charge in [0.05, 0.1) is 20.0 Å². The zero-order valence-corrected chi connectivity index (χ0v) is 21.2. The lowest BCUT2D eigenvalue weighted by molar-refractivity contribution is 0.209. The molecule has 0 aromatic heterocycles. The fourth-order valence-corrected chi connectivity index (χ4v) is 4.70. The van der Waals surface area contributed by atoms with E-state index in [9.17, 15) is 4.57 Å². The van der Waals surface area contributed by atoms with Crippen molar-refractivity contribution >= 4 is 19.6 Å². The summed E-state index contributed by atoms with van der Waals surface area (Å²) in [4.78, 5) is 17.6. The zero-order chi connectivity index (χ0) is 22.3. The average molecular weight is 467 g/mol. The number of thioether (sulfide) groups is 1. The van der Waals surface area contributed by atoms with Crippen molar-refractivity contribution in [3.05, 3.63) is 11.8 Å². The van der Waals surface area contributed by atoms with Crippen molar-refractivity contribution in [2.45, 2.75) is 110 Å². The molecule has 2 N–H and O–H groups in total. The van der Waals surface area contributed by atoms with E-state index in [1.807, 2.05) is 0 Å². The molecule has 0 heterocycles. The number of methoxy groups -OCH3 is 1. The van der Waals surface area contributed by atoms with Crippen molar-refractivity contribution in [3.63, 3.8) is 0 Å². The highest BCUT2D eigenvalue weighted by atomic mass is 32.2. The van der Waals surface area contributed by atoms with Gasteiger partial charge in [0.2, 0.25) is 0 Å². The second kappa shape index (κ2) is 22.2. The van der Waals surface area contributed by atoms with Crippen LogP contribution in [0.5, 0.6) is 0 Å². The van der Waals surface area contributed by atoms with Crippen LogP contribution in [0, 0.1) is 0 Å². The van der Waals surface area contributed by atoms with Gasteiger partial charge in [-0.05, 0) is 12.2 Å². The summed E-state index contributed by atoms with van der Waals surface area (Å²) in [7, 11) is -2.90. The number of rotatable bonds is 23. The molecule has 0 bridgehead atoms. The lowest BCUT2D eigenvalue weighted by Crippen LogP contribution is -2.00. The molecule has 0 atom stereocenters. The van der Waals surface area contributed by atoms with Gasteiger partial charge in [0.25, 0.3) is 0 Å². The van der Waals surface area contributed by atoms with E-state index in [4.69, 9.17) is 14.5 Å². The van der Waals surface area contributed by atoms with E-state index in [-0.39, 0.29) is 6.61 Å². The van der Waals surface area contributed by atoms with Crippen LogP contribution in [0.25, 0.3) is 0 Å². The molecule has 0 spiro atoms. The van der Waals surface area contributed by atoms with Gasteiger partial charge in [0.1, 0.15) is 0 Å². The van der Waals surface area contributed by atoms with Crippen molar-refractivity contribution in [3.8, 4) is 0 Å². The summed E-state index contributed by atoms with van der Waals surface area (Å²) in [5, 5.41) is 0. The van der Waals surface area contributed by atoms with E-state index < -0.39 is 7.82 Å². The van der Waals surface area contributed by atoms with Gasteiger partial charge >= 0.3 is 7.82 Å². The third-order valence-electron chi connectivity index (χ3n) is 5.13. The Balaban J connectivity index is 3.34. The fraction of sp³-hybridized carbons (Fsp3) is 0.913. The van der Waals surface area contributed by atoms with Crippen LogP contribution in [0.1, 0.15) is 110 Å². The second-order valence-corrected chi connectivity index (χ2v) is 10.5. The van der Waals surface area contributed by atoms with Crippen LogP contribution in [0.4, 0.5) is 0 Å². The molecule has 5 nitrogen and oxygen atoms in total. The summed E-state index contributed by atoms with van der Waals surface area (Å²) in [5.41, 5.74) is 0.752. The number of ether oxygens (including phenoxy) is 1. The largest absolute Gasteiger partial charge is 0.504 e. The summed E-state index contributed by atoms with van der Waals surface area (Å²) >= 11 is 1.76. The van der Waals surface area contributed by atoms with Gasteiger partial charge < -0.3 is 14.5 Å². The summed E-state index contributed by atoms with van der Waals surface area (Å²) < 4.78 is 20.3. The van der Waals surface area contributed by atoms with Crippen molar-refractivity contribution in [2.24, 2.45) is 0 Å². The Kier molecular flexibility index (Phi) is 22.2. The van der Waals surface area contributed by atoms with Crippen molar-refractivity contribution in [1.82, 2.24) is 0 Å². The maximum Gasteiger partial charge on any atom is 0.469 e. The molecule has 0 aliphatic rings. The van der Waals surface area contributed by atoms with Gasteiger partial charge in [-0.2, -0.15) is 11.8 Å². The highest BCUT2D eigenvalue weighted by Crippen LogP contribution is 2.36. The standard InChI is InChI=1S/C23H47O5PS/c1-3-4-5-6-7-8-9-10-11-12-13-14-15-16-17-18-19-30-22-23(20-27-2)21-28-29(24,25)26/h20H,3-19,21-22H2,1-2H3,(H2,24,25,26). The van der Waals surface area contributed by atoms with Crippen molar-refractivity contribution in [2.75, 3.05) is 25.2 Å². The van der Waals surface area contributed by atoms with Crippen molar-refractivity contribution < 1.29 is 23.6 Å². The van der Waals surface area contributed by atoms with Gasteiger partial charge in [0, 0.05) is 11.3 Å². The molecule has 180 valence electrons. The summed E-state index contributed by atoms with van der Waals surface area (Å²) in [5.74, 6) is 1.72. The first-order valence-corrected chi connectivity index (χ1v) is 14.7. The first-order valence-electron chi connectivity index (χ1n) is 12.0. The van der Waals surface area contributed by atoms with Gasteiger partial charge in [-0.25, -0.2) is 4.57 Å². The Morgan fingerprint density at radius 1 is 0.800 bits per heavy atom. The van der Waals surface area contributed by atoms with Crippen LogP contribution in [-0.4, -0.2) is 35.0 Å². The van der Waals surface area contributed by atoms with E-state index >= 15 is 0 Å².